The Balaban J connectivity index is 2.46. The van der Waals surface area contributed by atoms with Crippen molar-refractivity contribution in [3.05, 3.63) is 22.6 Å². The van der Waals surface area contributed by atoms with Crippen molar-refractivity contribution >= 4 is 31.9 Å². The molecule has 1 unspecified atom stereocenters. The number of aryl methyl sites for hydroxylation is 1. The zero-order valence-corrected chi connectivity index (χ0v) is 12.0. The first-order valence-electron chi connectivity index (χ1n) is 4.77. The predicted octanol–water partition coefficient (Wildman–Crippen LogP) is 4.78. The summed E-state index contributed by atoms with van der Waals surface area (Å²) in [6, 6.07) is 1.94. The van der Waals surface area contributed by atoms with Crippen molar-refractivity contribution in [3.8, 4) is 0 Å². The number of alkyl halides is 1. The third-order valence-electron chi connectivity index (χ3n) is 2.26. The van der Waals surface area contributed by atoms with E-state index >= 15 is 0 Å². The second-order valence-corrected chi connectivity index (χ2v) is 6.52. The van der Waals surface area contributed by atoms with E-state index in [1.54, 1.807) is 6.26 Å². The van der Waals surface area contributed by atoms with Gasteiger partial charge in [0.1, 0.15) is 5.76 Å². The minimum Gasteiger partial charge on any atom is -0.468 e. The molecule has 1 aromatic heterocycles. The molecule has 0 saturated carbocycles. The van der Waals surface area contributed by atoms with E-state index in [1.807, 2.05) is 6.07 Å². The van der Waals surface area contributed by atoms with Gasteiger partial charge in [0.2, 0.25) is 0 Å². The minimum absolute atomic E-state index is 0.305. The Labute approximate surface area is 103 Å². The third-order valence-corrected chi connectivity index (χ3v) is 4.79. The summed E-state index contributed by atoms with van der Waals surface area (Å²) >= 11 is 7.17. The number of halogens is 2. The van der Waals surface area contributed by atoms with Crippen molar-refractivity contribution in [3.63, 3.8) is 0 Å². The maximum atomic E-state index is 5.36. The van der Waals surface area contributed by atoms with Crippen molar-refractivity contribution in [1.29, 1.82) is 0 Å². The average molecular weight is 324 g/mol. The van der Waals surface area contributed by atoms with Crippen LogP contribution in [0, 0.1) is 5.41 Å². The lowest BCUT2D eigenvalue weighted by Gasteiger charge is -2.25. The molecule has 0 aliphatic heterocycles. The van der Waals surface area contributed by atoms with Gasteiger partial charge in [-0.15, -0.1) is 0 Å². The van der Waals surface area contributed by atoms with Gasteiger partial charge < -0.3 is 4.42 Å². The van der Waals surface area contributed by atoms with Crippen LogP contribution in [0.15, 0.2) is 21.2 Å². The highest BCUT2D eigenvalue weighted by molar-refractivity contribution is 9.10. The topological polar surface area (TPSA) is 13.1 Å². The van der Waals surface area contributed by atoms with Gasteiger partial charge >= 0.3 is 0 Å². The fraction of sp³-hybridized carbons (Fsp3) is 0.636. The predicted molar refractivity (Wildman–Crippen MR) is 66.9 cm³/mol. The van der Waals surface area contributed by atoms with Crippen LogP contribution in [0.4, 0.5) is 0 Å². The van der Waals surface area contributed by atoms with Gasteiger partial charge in [-0.3, -0.25) is 0 Å². The summed E-state index contributed by atoms with van der Waals surface area (Å²) in [6.45, 7) is 6.72. The lowest BCUT2D eigenvalue weighted by atomic mass is 9.89. The largest absolute Gasteiger partial charge is 0.468 e. The van der Waals surface area contributed by atoms with E-state index in [9.17, 15) is 0 Å². The maximum absolute atomic E-state index is 5.36. The lowest BCUT2D eigenvalue weighted by molar-refractivity contribution is 0.376. The Bertz CT molecular complexity index is 286. The van der Waals surface area contributed by atoms with Crippen LogP contribution < -0.4 is 0 Å². The molecular weight excluding hydrogens is 308 g/mol. The Morgan fingerprint density at radius 2 is 2.07 bits per heavy atom. The quantitative estimate of drug-likeness (QED) is 0.729. The van der Waals surface area contributed by atoms with Crippen LogP contribution >= 0.6 is 31.9 Å². The monoisotopic (exact) mass is 322 g/mol. The molecule has 0 aliphatic carbocycles. The summed E-state index contributed by atoms with van der Waals surface area (Å²) in [5, 5.41) is 0. The zero-order chi connectivity index (χ0) is 10.8. The van der Waals surface area contributed by atoms with Crippen LogP contribution in [0.25, 0.3) is 0 Å². The molecule has 0 aromatic carbocycles. The second-order valence-electron chi connectivity index (χ2n) is 4.56. The highest BCUT2D eigenvalue weighted by atomic mass is 79.9. The normalized spacial score (nSPS) is 14.4. The van der Waals surface area contributed by atoms with Crippen molar-refractivity contribution in [1.82, 2.24) is 0 Å². The van der Waals surface area contributed by atoms with Gasteiger partial charge in [0, 0.05) is 11.2 Å². The van der Waals surface area contributed by atoms with Crippen molar-refractivity contribution in [2.45, 2.75) is 38.4 Å². The first kappa shape index (κ1) is 12.3. The summed E-state index contributed by atoms with van der Waals surface area (Å²) in [7, 11) is 0. The highest BCUT2D eigenvalue weighted by Crippen LogP contribution is 2.30. The number of furan rings is 1. The molecule has 1 aromatic rings. The van der Waals surface area contributed by atoms with Crippen molar-refractivity contribution in [2.75, 3.05) is 0 Å². The van der Waals surface area contributed by atoms with Crippen LogP contribution in [0.5, 0.6) is 0 Å². The van der Waals surface area contributed by atoms with Gasteiger partial charge in [-0.1, -0.05) is 36.7 Å². The molecule has 80 valence electrons. The van der Waals surface area contributed by atoms with Crippen LogP contribution in [0.3, 0.4) is 0 Å². The third kappa shape index (κ3) is 3.43. The van der Waals surface area contributed by atoms with E-state index in [0.29, 0.717) is 10.2 Å². The molecular formula is C11H16Br2O. The van der Waals surface area contributed by atoms with E-state index in [4.69, 9.17) is 4.42 Å². The van der Waals surface area contributed by atoms with E-state index in [0.717, 1.165) is 23.1 Å². The zero-order valence-electron chi connectivity index (χ0n) is 8.81. The van der Waals surface area contributed by atoms with Gasteiger partial charge in [-0.05, 0) is 33.8 Å². The molecule has 0 bridgehead atoms. The Morgan fingerprint density at radius 1 is 1.43 bits per heavy atom. The summed E-state index contributed by atoms with van der Waals surface area (Å²) in [5.74, 6) is 1.04. The lowest BCUT2D eigenvalue weighted by Crippen LogP contribution is -2.20. The van der Waals surface area contributed by atoms with E-state index in [2.05, 4.69) is 52.6 Å². The van der Waals surface area contributed by atoms with E-state index < -0.39 is 0 Å². The molecule has 1 atom stereocenters. The van der Waals surface area contributed by atoms with Gasteiger partial charge in [0.15, 0.2) is 0 Å². The molecule has 0 saturated heterocycles. The van der Waals surface area contributed by atoms with Gasteiger partial charge in [0.25, 0.3) is 0 Å². The molecule has 0 radical (unpaired) electrons. The van der Waals surface area contributed by atoms with Gasteiger partial charge in [-0.25, -0.2) is 0 Å². The SMILES string of the molecule is CC(C)(C)C(Br)CCc1occc1Br. The number of hydrogen-bond acceptors (Lipinski definition) is 1. The van der Waals surface area contributed by atoms with Gasteiger partial charge in [0.05, 0.1) is 10.7 Å². The standard InChI is InChI=1S/C11H16Br2O/c1-11(2,3)10(13)5-4-9-8(12)6-7-14-9/h6-7,10H,4-5H2,1-3H3. The summed E-state index contributed by atoms with van der Waals surface area (Å²) in [6.07, 6.45) is 3.79. The van der Waals surface area contributed by atoms with E-state index in [-0.39, 0.29) is 0 Å². The first-order chi connectivity index (χ1) is 6.41. The van der Waals surface area contributed by atoms with Crippen LogP contribution in [0.1, 0.15) is 33.0 Å². The van der Waals surface area contributed by atoms with Crippen LogP contribution in [-0.2, 0) is 6.42 Å². The molecule has 0 spiro atoms. The summed E-state index contributed by atoms with van der Waals surface area (Å²) in [4.78, 5) is 0.520. The van der Waals surface area contributed by atoms with Crippen LogP contribution in [-0.4, -0.2) is 4.83 Å². The minimum atomic E-state index is 0.305. The van der Waals surface area contributed by atoms with Crippen molar-refractivity contribution in [2.24, 2.45) is 5.41 Å². The van der Waals surface area contributed by atoms with Crippen LogP contribution in [0.2, 0.25) is 0 Å². The number of hydrogen-bond donors (Lipinski definition) is 0. The first-order valence-corrected chi connectivity index (χ1v) is 6.48. The molecule has 1 rings (SSSR count). The Kier molecular flexibility index (Phi) is 4.26. The van der Waals surface area contributed by atoms with E-state index in [1.165, 1.54) is 0 Å². The molecule has 3 heteroatoms. The second kappa shape index (κ2) is 4.84. The summed E-state index contributed by atoms with van der Waals surface area (Å²) < 4.78 is 6.43. The molecule has 1 heterocycles. The Morgan fingerprint density at radius 3 is 2.50 bits per heavy atom. The molecule has 1 nitrogen and oxygen atoms in total. The molecule has 0 fully saturated rings. The fourth-order valence-corrected chi connectivity index (χ4v) is 1.82. The highest BCUT2D eigenvalue weighted by Gasteiger charge is 2.21. The smallest absolute Gasteiger partial charge is 0.117 e. The Hall–Kier alpha value is 0.240. The molecule has 0 aliphatic rings. The summed E-state index contributed by atoms with van der Waals surface area (Å²) in [5.41, 5.74) is 0.305. The average Bonchev–Trinajstić information content (AvgIpc) is 2.45. The van der Waals surface area contributed by atoms with Gasteiger partial charge in [-0.2, -0.15) is 0 Å². The number of rotatable bonds is 3. The molecule has 0 amide bonds. The fourth-order valence-electron chi connectivity index (χ4n) is 1.19. The maximum Gasteiger partial charge on any atom is 0.117 e. The molecule has 0 N–H and O–H groups in total. The molecule has 14 heavy (non-hydrogen) atoms. The van der Waals surface area contributed by atoms with Crippen molar-refractivity contribution < 1.29 is 4.42 Å².